The third-order valence-electron chi connectivity index (χ3n) is 7.18. The molecule has 1 aromatic carbocycles. The summed E-state index contributed by atoms with van der Waals surface area (Å²) in [6.45, 7) is 5.72. The van der Waals surface area contributed by atoms with Gasteiger partial charge in [0.2, 0.25) is 5.91 Å². The Morgan fingerprint density at radius 2 is 1.76 bits per heavy atom. The molecule has 2 aromatic heterocycles. The fourth-order valence-electron chi connectivity index (χ4n) is 5.17. The maximum Gasteiger partial charge on any atom is 0.222 e. The first kappa shape index (κ1) is 27.4. The quantitative estimate of drug-likeness (QED) is 0.426. The fraction of sp³-hybridized carbons (Fsp3) is 0.379. The van der Waals surface area contributed by atoms with Crippen molar-refractivity contribution in [2.75, 3.05) is 0 Å². The van der Waals surface area contributed by atoms with Crippen molar-refractivity contribution in [2.24, 2.45) is 17.6 Å². The number of halogens is 3. The van der Waals surface area contributed by atoms with Crippen molar-refractivity contribution in [3.63, 3.8) is 0 Å². The van der Waals surface area contributed by atoms with Crippen molar-refractivity contribution in [3.05, 3.63) is 83.1 Å². The van der Waals surface area contributed by atoms with Gasteiger partial charge in [0.1, 0.15) is 28.8 Å². The molecule has 38 heavy (non-hydrogen) atoms. The molecular weight excluding hydrogens is 493 g/mol. The third-order valence-corrected chi connectivity index (χ3v) is 7.18. The molecule has 0 saturated heterocycles. The number of pyridine rings is 2. The number of nitrogens with one attached hydrogen (secondary N) is 1. The Balaban J connectivity index is 1.56. The van der Waals surface area contributed by atoms with Crippen LogP contribution in [0.5, 0.6) is 0 Å². The lowest BCUT2D eigenvalue weighted by atomic mass is 9.72. The normalized spacial score (nSPS) is 21.4. The number of nitrogens with zero attached hydrogens (tertiary/aromatic N) is 2. The van der Waals surface area contributed by atoms with E-state index in [-0.39, 0.29) is 47.9 Å². The Morgan fingerprint density at radius 3 is 2.42 bits per heavy atom. The number of benzene rings is 1. The molecule has 1 aliphatic carbocycles. The molecule has 0 radical (unpaired) electrons. The molecule has 1 aliphatic rings. The van der Waals surface area contributed by atoms with Crippen LogP contribution in [0, 0.1) is 29.3 Å². The summed E-state index contributed by atoms with van der Waals surface area (Å²) in [7, 11) is 0. The van der Waals surface area contributed by atoms with Gasteiger partial charge >= 0.3 is 0 Å². The molecule has 200 valence electrons. The van der Waals surface area contributed by atoms with E-state index >= 15 is 0 Å². The van der Waals surface area contributed by atoms with Crippen LogP contribution in [0.15, 0.2) is 48.8 Å². The van der Waals surface area contributed by atoms with Crippen molar-refractivity contribution < 1.29 is 22.8 Å². The zero-order valence-corrected chi connectivity index (χ0v) is 21.5. The van der Waals surface area contributed by atoms with Gasteiger partial charge in [0, 0.05) is 36.8 Å². The van der Waals surface area contributed by atoms with Crippen LogP contribution in [0.25, 0.3) is 11.3 Å². The number of nitrogens with two attached hydrogens (primary N) is 1. The average Bonchev–Trinajstić information content (AvgIpc) is 2.87. The SMILES string of the molecule is CC(C)C(=O)N[C@@H]1[C@H](N)C[C@H](c2ccncc2CC(=O)c2ccc(F)c(-c3c(F)cccc3F)n2)C[C@@H]1C. The van der Waals surface area contributed by atoms with Gasteiger partial charge in [-0.05, 0) is 66.1 Å². The molecule has 0 unspecified atom stereocenters. The average molecular weight is 525 g/mol. The molecule has 3 N–H and O–H groups in total. The van der Waals surface area contributed by atoms with Crippen LogP contribution in [0.1, 0.15) is 61.1 Å². The molecule has 3 aromatic rings. The number of hydrogen-bond acceptors (Lipinski definition) is 5. The highest BCUT2D eigenvalue weighted by Gasteiger charge is 2.36. The van der Waals surface area contributed by atoms with E-state index in [2.05, 4.69) is 22.2 Å². The van der Waals surface area contributed by atoms with Gasteiger partial charge in [0.15, 0.2) is 5.78 Å². The molecule has 0 spiro atoms. The van der Waals surface area contributed by atoms with E-state index in [1.807, 2.05) is 19.9 Å². The molecule has 6 nitrogen and oxygen atoms in total. The minimum absolute atomic E-state index is 0.0348. The Hall–Kier alpha value is -3.59. The molecule has 4 rings (SSSR count). The summed E-state index contributed by atoms with van der Waals surface area (Å²) in [6, 6.07) is 6.82. The molecule has 1 fully saturated rings. The number of hydrogen-bond donors (Lipinski definition) is 2. The van der Waals surface area contributed by atoms with Gasteiger partial charge in [0.25, 0.3) is 0 Å². The number of aromatic nitrogens is 2. The highest BCUT2D eigenvalue weighted by atomic mass is 19.1. The van der Waals surface area contributed by atoms with Crippen LogP contribution in [0.3, 0.4) is 0 Å². The Labute approximate surface area is 219 Å². The van der Waals surface area contributed by atoms with Crippen molar-refractivity contribution in [2.45, 2.75) is 58.0 Å². The number of amides is 1. The summed E-state index contributed by atoms with van der Waals surface area (Å²) in [4.78, 5) is 33.6. The second-order valence-corrected chi connectivity index (χ2v) is 10.3. The van der Waals surface area contributed by atoms with Gasteiger partial charge < -0.3 is 11.1 Å². The summed E-state index contributed by atoms with van der Waals surface area (Å²) in [5.41, 5.74) is 6.81. The van der Waals surface area contributed by atoms with E-state index in [9.17, 15) is 22.8 Å². The van der Waals surface area contributed by atoms with E-state index < -0.39 is 34.5 Å². The first-order valence-corrected chi connectivity index (χ1v) is 12.7. The second kappa shape index (κ2) is 11.4. The number of rotatable bonds is 7. The molecule has 0 aliphatic heterocycles. The van der Waals surface area contributed by atoms with Crippen LogP contribution in [0.2, 0.25) is 0 Å². The van der Waals surface area contributed by atoms with E-state index in [0.29, 0.717) is 12.0 Å². The maximum atomic E-state index is 14.5. The number of ketones is 1. The lowest BCUT2D eigenvalue weighted by molar-refractivity contribution is -0.125. The monoisotopic (exact) mass is 524 g/mol. The number of carbonyl (C=O) groups excluding carboxylic acids is 2. The second-order valence-electron chi connectivity index (χ2n) is 10.3. The maximum absolute atomic E-state index is 14.5. The van der Waals surface area contributed by atoms with E-state index in [0.717, 1.165) is 30.2 Å². The molecule has 2 heterocycles. The number of carbonyl (C=O) groups is 2. The first-order valence-electron chi connectivity index (χ1n) is 12.7. The molecular formula is C29H31F3N4O2. The van der Waals surface area contributed by atoms with Crippen molar-refractivity contribution in [1.82, 2.24) is 15.3 Å². The predicted octanol–water partition coefficient (Wildman–Crippen LogP) is 4.97. The van der Waals surface area contributed by atoms with Crippen LogP contribution >= 0.6 is 0 Å². The fourth-order valence-corrected chi connectivity index (χ4v) is 5.17. The van der Waals surface area contributed by atoms with Crippen LogP contribution in [0.4, 0.5) is 13.2 Å². The van der Waals surface area contributed by atoms with Gasteiger partial charge in [0.05, 0.1) is 5.56 Å². The van der Waals surface area contributed by atoms with Crippen LogP contribution in [-0.2, 0) is 11.2 Å². The molecule has 1 amide bonds. The van der Waals surface area contributed by atoms with E-state index in [1.54, 1.807) is 12.4 Å². The van der Waals surface area contributed by atoms with Crippen molar-refractivity contribution >= 4 is 11.7 Å². The third kappa shape index (κ3) is 5.78. The Bertz CT molecular complexity index is 1310. The lowest BCUT2D eigenvalue weighted by Crippen LogP contribution is -2.55. The minimum atomic E-state index is -0.971. The topological polar surface area (TPSA) is 98.0 Å². The van der Waals surface area contributed by atoms with Gasteiger partial charge in [-0.15, -0.1) is 0 Å². The predicted molar refractivity (Wildman–Crippen MR) is 138 cm³/mol. The molecule has 0 bridgehead atoms. The zero-order valence-electron chi connectivity index (χ0n) is 21.5. The van der Waals surface area contributed by atoms with Crippen molar-refractivity contribution in [1.29, 1.82) is 0 Å². The van der Waals surface area contributed by atoms with Gasteiger partial charge in [-0.2, -0.15) is 0 Å². The van der Waals surface area contributed by atoms with Gasteiger partial charge in [-0.3, -0.25) is 14.6 Å². The van der Waals surface area contributed by atoms with Gasteiger partial charge in [-0.25, -0.2) is 18.2 Å². The lowest BCUT2D eigenvalue weighted by Gasteiger charge is -2.40. The highest BCUT2D eigenvalue weighted by molar-refractivity contribution is 5.96. The summed E-state index contributed by atoms with van der Waals surface area (Å²) in [6.07, 6.45) is 4.56. The standard InChI is InChI=1S/C29H31F3N4O2/c1-15(2)29(38)36-27-16(3)11-17(12-23(27)33)19-9-10-34-14-18(19)13-25(37)24-8-7-22(32)28(35-24)26-20(30)5-4-6-21(26)31/h4-10,14-17,23,27H,11-13,33H2,1-3H3,(H,36,38)/t16-,17+,23+,27-/m0/s1. The summed E-state index contributed by atoms with van der Waals surface area (Å²) >= 11 is 0. The highest BCUT2D eigenvalue weighted by Crippen LogP contribution is 2.37. The van der Waals surface area contributed by atoms with Crippen LogP contribution < -0.4 is 11.1 Å². The molecule has 9 heteroatoms. The van der Waals surface area contributed by atoms with Crippen molar-refractivity contribution in [3.8, 4) is 11.3 Å². The first-order chi connectivity index (χ1) is 18.1. The van der Waals surface area contributed by atoms with E-state index in [1.165, 1.54) is 12.1 Å². The van der Waals surface area contributed by atoms with Gasteiger partial charge in [-0.1, -0.05) is 26.8 Å². The Morgan fingerprint density at radius 1 is 1.05 bits per heavy atom. The van der Waals surface area contributed by atoms with Crippen LogP contribution in [-0.4, -0.2) is 33.7 Å². The summed E-state index contributed by atoms with van der Waals surface area (Å²) in [5, 5.41) is 3.07. The largest absolute Gasteiger partial charge is 0.351 e. The van der Waals surface area contributed by atoms with E-state index in [4.69, 9.17) is 5.73 Å². The zero-order chi connectivity index (χ0) is 27.6. The minimum Gasteiger partial charge on any atom is -0.351 e. The summed E-state index contributed by atoms with van der Waals surface area (Å²) < 4.78 is 43.0. The Kier molecular flexibility index (Phi) is 8.26. The number of Topliss-reactive ketones (excluding diaryl/α,β-unsaturated/α-hetero) is 1. The summed E-state index contributed by atoms with van der Waals surface area (Å²) in [5.74, 6) is -3.33. The molecule has 1 saturated carbocycles. The molecule has 4 atom stereocenters. The smallest absolute Gasteiger partial charge is 0.222 e.